The number of likely N-dealkylation sites (N-methyl/N-ethyl adjacent to an activating group) is 1. The van der Waals surface area contributed by atoms with Crippen molar-refractivity contribution < 1.29 is 14.4 Å². The number of H-pyrrole nitrogens is 1. The number of aliphatic carboxylic acids is 1. The molecule has 0 aliphatic rings. The minimum atomic E-state index is -0.793. The Morgan fingerprint density at radius 1 is 1.67 bits per heavy atom. The molecular formula is C9H15N3O2Se. The Labute approximate surface area is 96.9 Å². The molecule has 0 amide bonds. The van der Waals surface area contributed by atoms with Crippen LogP contribution in [0.1, 0.15) is 5.69 Å². The first kappa shape index (κ1) is 12.2. The van der Waals surface area contributed by atoms with E-state index in [0.717, 1.165) is 5.69 Å². The van der Waals surface area contributed by atoms with Crippen LogP contribution < -0.4 is 4.72 Å². The molecule has 84 valence electrons. The Kier molecular flexibility index (Phi) is 3.54. The Hall–Kier alpha value is -0.841. The summed E-state index contributed by atoms with van der Waals surface area (Å²) in [5.74, 6) is -0.793. The molecule has 0 aliphatic heterocycles. The number of rotatable bonds is 4. The first-order valence-corrected chi connectivity index (χ1v) is 5.41. The maximum absolute atomic E-state index is 11.1. The van der Waals surface area contributed by atoms with Crippen LogP contribution in [0.3, 0.4) is 0 Å². The van der Waals surface area contributed by atoms with E-state index in [-0.39, 0.29) is 0 Å². The van der Waals surface area contributed by atoms with Crippen LogP contribution in [-0.4, -0.2) is 68.7 Å². The predicted octanol–water partition coefficient (Wildman–Crippen LogP) is -1.09. The number of quaternary nitrogens is 1. The van der Waals surface area contributed by atoms with Crippen LogP contribution in [0.15, 0.2) is 6.20 Å². The van der Waals surface area contributed by atoms with Gasteiger partial charge in [0.1, 0.15) is 0 Å². The van der Waals surface area contributed by atoms with Gasteiger partial charge in [0.15, 0.2) is 0 Å². The number of hydrogen-bond donors (Lipinski definition) is 2. The molecular weight excluding hydrogens is 261 g/mol. The molecule has 0 fully saturated rings. The summed E-state index contributed by atoms with van der Waals surface area (Å²) in [6, 6.07) is -0.468. The number of carboxylic acid groups (broad SMARTS) is 1. The van der Waals surface area contributed by atoms with E-state index < -0.39 is 12.0 Å². The molecule has 6 heteroatoms. The molecule has 1 rings (SSSR count). The van der Waals surface area contributed by atoms with Gasteiger partial charge in [-0.05, 0) is 0 Å². The zero-order chi connectivity index (χ0) is 11.6. The molecule has 0 unspecified atom stereocenters. The van der Waals surface area contributed by atoms with Crippen molar-refractivity contribution in [1.29, 1.82) is 0 Å². The number of hydrogen-bond acceptors (Lipinski definition) is 2. The van der Waals surface area contributed by atoms with E-state index in [1.807, 2.05) is 21.1 Å². The van der Waals surface area contributed by atoms with E-state index in [2.05, 4.69) is 26.0 Å². The first-order chi connectivity index (χ1) is 6.80. The van der Waals surface area contributed by atoms with Gasteiger partial charge in [-0.3, -0.25) is 0 Å². The fraction of sp³-hybridized carbons (Fsp3) is 0.556. The Morgan fingerprint density at radius 2 is 2.27 bits per heavy atom. The minimum absolute atomic E-state index is 0.386. The van der Waals surface area contributed by atoms with Crippen LogP contribution in [-0.2, 0) is 11.2 Å². The van der Waals surface area contributed by atoms with Crippen LogP contribution in [0.4, 0.5) is 0 Å². The van der Waals surface area contributed by atoms with Crippen LogP contribution in [0.2, 0.25) is 0 Å². The van der Waals surface area contributed by atoms with E-state index in [1.165, 1.54) is 0 Å². The number of carboxylic acids is 1. The molecule has 0 aliphatic carbocycles. The summed E-state index contributed by atoms with van der Waals surface area (Å²) >= 11 is 2.74. The standard InChI is InChI=1S/C9H15N3O2Se/c1-12(2,3)7(8(13)14)4-6-5-10-9(15)11-6/h5,7H,4H2,1-3H3,(H2-,10,11,13,14,15)/t7-/m0/s1. The SMILES string of the molecule is C[N+](C)(C)[C@@H](Cc1cnc([Se-])[nH]1)C(=O)O. The molecule has 1 aromatic rings. The van der Waals surface area contributed by atoms with Gasteiger partial charge < -0.3 is 0 Å². The number of nitrogens with zero attached hydrogens (tertiary/aromatic N) is 2. The Morgan fingerprint density at radius 3 is 2.60 bits per heavy atom. The molecule has 1 heterocycles. The van der Waals surface area contributed by atoms with E-state index in [9.17, 15) is 4.79 Å². The number of carbonyl (C=O) groups is 1. The molecule has 0 radical (unpaired) electrons. The topological polar surface area (TPSA) is 66.0 Å². The molecule has 2 N–H and O–H groups in total. The number of nitrogens with one attached hydrogen (secondary N) is 1. The molecule has 0 aromatic carbocycles. The van der Waals surface area contributed by atoms with Crippen molar-refractivity contribution in [2.45, 2.75) is 12.5 Å². The predicted molar refractivity (Wildman–Crippen MR) is 57.1 cm³/mol. The molecule has 1 aromatic heterocycles. The second kappa shape index (κ2) is 4.35. The van der Waals surface area contributed by atoms with Crippen LogP contribution in [0.5, 0.6) is 0 Å². The third kappa shape index (κ3) is 3.34. The Balaban J connectivity index is 2.81. The second-order valence-corrected chi connectivity index (χ2v) is 5.20. The second-order valence-electron chi connectivity index (χ2n) is 4.39. The summed E-state index contributed by atoms with van der Waals surface area (Å²) < 4.78 is 1.08. The number of aromatic amines is 1. The van der Waals surface area contributed by atoms with Crippen molar-refractivity contribution >= 4 is 26.7 Å². The summed E-state index contributed by atoms with van der Waals surface area (Å²) in [5, 5.41) is 9.12. The Bertz CT molecular complexity index is 356. The normalized spacial score (nSPS) is 13.8. The molecule has 5 nitrogen and oxygen atoms in total. The zero-order valence-corrected chi connectivity index (χ0v) is 10.7. The van der Waals surface area contributed by atoms with E-state index >= 15 is 0 Å². The van der Waals surface area contributed by atoms with Crippen molar-refractivity contribution in [3.63, 3.8) is 0 Å². The summed E-state index contributed by atoms with van der Waals surface area (Å²) in [4.78, 5) is 18.1. The van der Waals surface area contributed by atoms with Crippen LogP contribution in [0, 0.1) is 0 Å². The van der Waals surface area contributed by atoms with Crippen molar-refractivity contribution in [1.82, 2.24) is 9.97 Å². The van der Waals surface area contributed by atoms with Crippen LogP contribution >= 0.6 is 0 Å². The van der Waals surface area contributed by atoms with Crippen molar-refractivity contribution in [3.8, 4) is 0 Å². The fourth-order valence-corrected chi connectivity index (χ4v) is 1.73. The van der Waals surface area contributed by atoms with Crippen LogP contribution in [0.25, 0.3) is 0 Å². The summed E-state index contributed by atoms with van der Waals surface area (Å²) in [6.07, 6.45) is 2.12. The average Bonchev–Trinajstić information content (AvgIpc) is 2.44. The number of aromatic nitrogens is 2. The molecule has 0 saturated carbocycles. The third-order valence-electron chi connectivity index (χ3n) is 2.24. The molecule has 0 saturated heterocycles. The van der Waals surface area contributed by atoms with E-state index in [1.54, 1.807) is 6.20 Å². The quantitative estimate of drug-likeness (QED) is 0.542. The summed E-state index contributed by atoms with van der Waals surface area (Å²) in [7, 11) is 5.61. The van der Waals surface area contributed by atoms with E-state index in [0.29, 0.717) is 15.6 Å². The van der Waals surface area contributed by atoms with Crippen molar-refractivity contribution in [2.75, 3.05) is 21.1 Å². The monoisotopic (exact) mass is 277 g/mol. The summed E-state index contributed by atoms with van der Waals surface area (Å²) in [5.41, 5.74) is 0.837. The van der Waals surface area contributed by atoms with Gasteiger partial charge in [0.05, 0.1) is 0 Å². The van der Waals surface area contributed by atoms with Gasteiger partial charge in [0, 0.05) is 0 Å². The van der Waals surface area contributed by atoms with Gasteiger partial charge in [-0.15, -0.1) is 0 Å². The molecule has 15 heavy (non-hydrogen) atoms. The summed E-state index contributed by atoms with van der Waals surface area (Å²) in [6.45, 7) is 0. The van der Waals surface area contributed by atoms with Gasteiger partial charge in [-0.1, -0.05) is 0 Å². The fourth-order valence-electron chi connectivity index (χ4n) is 1.34. The first-order valence-electron chi connectivity index (χ1n) is 4.55. The zero-order valence-electron chi connectivity index (χ0n) is 9.02. The van der Waals surface area contributed by atoms with Gasteiger partial charge in [0.2, 0.25) is 0 Å². The molecule has 1 atom stereocenters. The van der Waals surface area contributed by atoms with Crippen molar-refractivity contribution in [3.05, 3.63) is 11.9 Å². The van der Waals surface area contributed by atoms with E-state index in [4.69, 9.17) is 5.11 Å². The van der Waals surface area contributed by atoms with Crippen molar-refractivity contribution in [2.24, 2.45) is 0 Å². The maximum atomic E-state index is 11.1. The van der Waals surface area contributed by atoms with Gasteiger partial charge in [-0.25, -0.2) is 0 Å². The third-order valence-corrected chi connectivity index (χ3v) is 2.67. The van der Waals surface area contributed by atoms with Gasteiger partial charge in [-0.2, -0.15) is 0 Å². The number of imidazole rings is 1. The van der Waals surface area contributed by atoms with Gasteiger partial charge in [0.25, 0.3) is 0 Å². The molecule has 0 bridgehead atoms. The average molecular weight is 276 g/mol. The molecule has 0 spiro atoms. The van der Waals surface area contributed by atoms with Gasteiger partial charge >= 0.3 is 96.6 Å².